The van der Waals surface area contributed by atoms with Gasteiger partial charge in [0.2, 0.25) is 11.7 Å². The summed E-state index contributed by atoms with van der Waals surface area (Å²) in [6.45, 7) is 6.96. The van der Waals surface area contributed by atoms with Gasteiger partial charge in [0.05, 0.1) is 21.3 Å². The van der Waals surface area contributed by atoms with E-state index in [-0.39, 0.29) is 11.8 Å². The third kappa shape index (κ3) is 6.55. The van der Waals surface area contributed by atoms with Crippen molar-refractivity contribution in [1.29, 1.82) is 0 Å². The predicted molar refractivity (Wildman–Crippen MR) is 126 cm³/mol. The molecular weight excluding hydrogens is 458 g/mol. The van der Waals surface area contributed by atoms with Gasteiger partial charge in [-0.3, -0.25) is 14.5 Å². The second-order valence-corrected chi connectivity index (χ2v) is 9.14. The molecule has 2 aliphatic heterocycles. The molecule has 194 valence electrons. The fourth-order valence-corrected chi connectivity index (χ4v) is 4.28. The molecule has 2 heterocycles. The van der Waals surface area contributed by atoms with Crippen molar-refractivity contribution >= 4 is 17.8 Å². The zero-order valence-electron chi connectivity index (χ0n) is 20.9. The molecule has 11 nitrogen and oxygen atoms in total. The van der Waals surface area contributed by atoms with Crippen molar-refractivity contribution in [2.75, 3.05) is 47.5 Å². The Balaban J connectivity index is 1.58. The molecule has 2 N–H and O–H groups in total. The van der Waals surface area contributed by atoms with Gasteiger partial charge in [-0.15, -0.1) is 0 Å². The number of benzene rings is 1. The second kappa shape index (κ2) is 11.6. The first kappa shape index (κ1) is 26.6. The molecule has 0 unspecified atom stereocenters. The van der Waals surface area contributed by atoms with Crippen molar-refractivity contribution in [1.82, 2.24) is 15.1 Å². The molecule has 1 aromatic carbocycles. The topological polar surface area (TPSA) is 130 Å². The van der Waals surface area contributed by atoms with Gasteiger partial charge < -0.3 is 34.3 Å². The first-order valence-electron chi connectivity index (χ1n) is 11.7. The normalized spacial score (nSPS) is 20.8. The number of carboxylic acids is 1. The molecular formula is C24H35N3O8. The predicted octanol–water partition coefficient (Wildman–Crippen LogP) is 0.740. The summed E-state index contributed by atoms with van der Waals surface area (Å²) in [6.07, 6.45) is -1.71. The summed E-state index contributed by atoms with van der Waals surface area (Å²) in [5.41, 5.74) is 1.00. The van der Waals surface area contributed by atoms with Crippen LogP contribution in [-0.2, 0) is 25.7 Å². The largest absolute Gasteiger partial charge is 0.493 e. The molecule has 0 aromatic heterocycles. The molecule has 3 atom stereocenters. The molecule has 0 spiro atoms. The standard InChI is InChI=1S/C24H35N3O8/c1-14(2)10-16(25-22(28)20-21(35-20)24(30)31)23(29)27-8-6-26(7-9-27)13-15-11-17(32-3)19(34-5)18(12-15)33-4/h11-12,14,16,20-21H,6-10,13H2,1-5H3,(H,25,28)(H,30,31)/t16-,20+,21+/m0/s1. The molecule has 0 saturated carbocycles. The van der Waals surface area contributed by atoms with E-state index in [0.29, 0.717) is 56.4 Å². The Labute approximate surface area is 205 Å². The van der Waals surface area contributed by atoms with E-state index in [9.17, 15) is 14.4 Å². The van der Waals surface area contributed by atoms with Crippen LogP contribution < -0.4 is 19.5 Å². The molecule has 1 aromatic rings. The van der Waals surface area contributed by atoms with Crippen LogP contribution in [0.25, 0.3) is 0 Å². The summed E-state index contributed by atoms with van der Waals surface area (Å²) in [7, 11) is 4.72. The van der Waals surface area contributed by atoms with Gasteiger partial charge in [-0.25, -0.2) is 4.79 Å². The van der Waals surface area contributed by atoms with E-state index in [1.54, 1.807) is 26.2 Å². The van der Waals surface area contributed by atoms with Crippen LogP contribution >= 0.6 is 0 Å². The van der Waals surface area contributed by atoms with Crippen molar-refractivity contribution in [3.63, 3.8) is 0 Å². The Hall–Kier alpha value is -3.05. The zero-order chi connectivity index (χ0) is 25.7. The van der Waals surface area contributed by atoms with Crippen LogP contribution in [0.5, 0.6) is 17.2 Å². The highest BCUT2D eigenvalue weighted by Crippen LogP contribution is 2.38. The van der Waals surface area contributed by atoms with Crippen molar-refractivity contribution in [2.45, 2.75) is 45.1 Å². The van der Waals surface area contributed by atoms with E-state index in [1.165, 1.54) is 0 Å². The average molecular weight is 494 g/mol. The summed E-state index contributed by atoms with van der Waals surface area (Å²) in [5.74, 6) is -0.00961. The van der Waals surface area contributed by atoms with Crippen LogP contribution in [0.2, 0.25) is 0 Å². The second-order valence-electron chi connectivity index (χ2n) is 9.14. The van der Waals surface area contributed by atoms with Gasteiger partial charge in [0.1, 0.15) is 6.04 Å². The maximum Gasteiger partial charge on any atom is 0.336 e. The van der Waals surface area contributed by atoms with E-state index in [0.717, 1.165) is 5.56 Å². The summed E-state index contributed by atoms with van der Waals surface area (Å²) < 4.78 is 21.2. The number of carboxylic acid groups (broad SMARTS) is 1. The van der Waals surface area contributed by atoms with Crippen LogP contribution in [0, 0.1) is 5.92 Å². The van der Waals surface area contributed by atoms with E-state index in [4.69, 9.17) is 24.1 Å². The van der Waals surface area contributed by atoms with Crippen molar-refractivity contribution in [2.24, 2.45) is 5.92 Å². The summed E-state index contributed by atoms with van der Waals surface area (Å²) >= 11 is 0. The minimum atomic E-state index is -1.18. The Kier molecular flexibility index (Phi) is 8.79. The lowest BCUT2D eigenvalue weighted by Gasteiger charge is -2.37. The monoisotopic (exact) mass is 493 g/mol. The smallest absolute Gasteiger partial charge is 0.336 e. The quantitative estimate of drug-likeness (QED) is 0.429. The zero-order valence-corrected chi connectivity index (χ0v) is 20.9. The number of hydrogen-bond donors (Lipinski definition) is 2. The van der Waals surface area contributed by atoms with E-state index in [2.05, 4.69) is 10.2 Å². The number of amides is 2. The molecule has 11 heteroatoms. The maximum atomic E-state index is 13.2. The number of methoxy groups -OCH3 is 3. The Morgan fingerprint density at radius 1 is 1.03 bits per heavy atom. The van der Waals surface area contributed by atoms with Gasteiger partial charge in [-0.2, -0.15) is 0 Å². The minimum absolute atomic E-state index is 0.160. The van der Waals surface area contributed by atoms with Crippen LogP contribution in [0.3, 0.4) is 0 Å². The highest BCUT2D eigenvalue weighted by atomic mass is 16.6. The average Bonchev–Trinajstić information content (AvgIpc) is 3.64. The SMILES string of the molecule is COc1cc(CN2CCN(C(=O)[C@H](CC(C)C)NC(=O)[C@@H]3O[C@H]3C(=O)O)CC2)cc(OC)c1OC. The van der Waals surface area contributed by atoms with Crippen LogP contribution in [0.15, 0.2) is 12.1 Å². The molecule has 2 aliphatic rings. The summed E-state index contributed by atoms with van der Waals surface area (Å²) in [6, 6.07) is 3.11. The number of aliphatic carboxylic acids is 1. The number of hydrogen-bond acceptors (Lipinski definition) is 8. The van der Waals surface area contributed by atoms with Crippen molar-refractivity contribution in [3.8, 4) is 17.2 Å². The van der Waals surface area contributed by atoms with Gasteiger partial charge in [-0.05, 0) is 30.0 Å². The number of piperazine rings is 1. The molecule has 2 amide bonds. The number of ether oxygens (including phenoxy) is 4. The lowest BCUT2D eigenvalue weighted by molar-refractivity contribution is -0.138. The highest BCUT2D eigenvalue weighted by molar-refractivity contribution is 5.95. The van der Waals surface area contributed by atoms with Gasteiger partial charge in [0.15, 0.2) is 23.7 Å². The van der Waals surface area contributed by atoms with Gasteiger partial charge in [0.25, 0.3) is 5.91 Å². The van der Waals surface area contributed by atoms with Crippen LogP contribution in [0.1, 0.15) is 25.8 Å². The minimum Gasteiger partial charge on any atom is -0.493 e. The Bertz CT molecular complexity index is 904. The first-order valence-corrected chi connectivity index (χ1v) is 11.7. The number of carbonyl (C=O) groups is 3. The number of rotatable bonds is 11. The summed E-state index contributed by atoms with van der Waals surface area (Å²) in [5, 5.41) is 11.7. The number of nitrogens with one attached hydrogen (secondary N) is 1. The van der Waals surface area contributed by atoms with Gasteiger partial charge in [-0.1, -0.05) is 13.8 Å². The molecule has 0 bridgehead atoms. The number of carbonyl (C=O) groups excluding carboxylic acids is 2. The highest BCUT2D eigenvalue weighted by Gasteiger charge is 2.51. The van der Waals surface area contributed by atoms with Gasteiger partial charge in [0, 0.05) is 32.7 Å². The first-order chi connectivity index (χ1) is 16.7. The van der Waals surface area contributed by atoms with E-state index >= 15 is 0 Å². The number of epoxide rings is 1. The van der Waals surface area contributed by atoms with Crippen LogP contribution in [0.4, 0.5) is 0 Å². The molecule has 2 saturated heterocycles. The lowest BCUT2D eigenvalue weighted by atomic mass is 10.0. The third-order valence-corrected chi connectivity index (χ3v) is 6.13. The third-order valence-electron chi connectivity index (χ3n) is 6.13. The van der Waals surface area contributed by atoms with E-state index in [1.807, 2.05) is 26.0 Å². The molecule has 0 aliphatic carbocycles. The molecule has 2 fully saturated rings. The molecule has 3 rings (SSSR count). The fraction of sp³-hybridized carbons (Fsp3) is 0.625. The van der Waals surface area contributed by atoms with Gasteiger partial charge >= 0.3 is 5.97 Å². The number of nitrogens with zero attached hydrogens (tertiary/aromatic N) is 2. The Morgan fingerprint density at radius 2 is 1.63 bits per heavy atom. The van der Waals surface area contributed by atoms with Crippen molar-refractivity contribution < 1.29 is 38.4 Å². The van der Waals surface area contributed by atoms with Crippen molar-refractivity contribution in [3.05, 3.63) is 17.7 Å². The lowest BCUT2D eigenvalue weighted by Crippen LogP contribution is -2.55. The van der Waals surface area contributed by atoms with Crippen LogP contribution in [-0.4, -0.2) is 98.4 Å². The van der Waals surface area contributed by atoms with E-state index < -0.39 is 30.1 Å². The fourth-order valence-electron chi connectivity index (χ4n) is 4.28. The Morgan fingerprint density at radius 3 is 2.09 bits per heavy atom. The summed E-state index contributed by atoms with van der Waals surface area (Å²) in [4.78, 5) is 40.6. The molecule has 35 heavy (non-hydrogen) atoms. The maximum absolute atomic E-state index is 13.2. The molecule has 0 radical (unpaired) electrons.